The molecule has 0 aliphatic rings. The summed E-state index contributed by atoms with van der Waals surface area (Å²) in [5.41, 5.74) is 3.64. The highest BCUT2D eigenvalue weighted by Gasteiger charge is 2.08. The van der Waals surface area contributed by atoms with Gasteiger partial charge in [-0.05, 0) is 60.4 Å². The van der Waals surface area contributed by atoms with E-state index in [1.807, 2.05) is 60.7 Å². The summed E-state index contributed by atoms with van der Waals surface area (Å²) in [4.78, 5) is 25.1. The number of benzene rings is 4. The number of unbranched alkanes of at least 4 members (excludes halogenated alkanes) is 3. The van der Waals surface area contributed by atoms with Crippen LogP contribution >= 0.6 is 0 Å². The average molecular weight is 565 g/mol. The Kier molecular flexibility index (Phi) is 12.5. The normalized spacial score (nSPS) is 10.6. The Bertz CT molecular complexity index is 1270. The third-order valence-electron chi connectivity index (χ3n) is 6.87. The molecule has 2 N–H and O–H groups in total. The first-order valence-electron chi connectivity index (χ1n) is 14.8. The summed E-state index contributed by atoms with van der Waals surface area (Å²) in [6.07, 6.45) is 5.36. The molecule has 4 rings (SSSR count). The molecule has 6 heteroatoms. The van der Waals surface area contributed by atoms with Crippen molar-refractivity contribution in [2.75, 3.05) is 26.3 Å². The molecular formula is C36H40N2O4. The van der Waals surface area contributed by atoms with Crippen molar-refractivity contribution < 1.29 is 19.1 Å². The van der Waals surface area contributed by atoms with Crippen LogP contribution in [-0.4, -0.2) is 38.1 Å². The highest BCUT2D eigenvalue weighted by atomic mass is 16.5. The van der Waals surface area contributed by atoms with Gasteiger partial charge in [0.05, 0.1) is 13.2 Å². The molecule has 6 nitrogen and oxygen atoms in total. The van der Waals surface area contributed by atoms with Crippen LogP contribution in [0.3, 0.4) is 0 Å². The van der Waals surface area contributed by atoms with Gasteiger partial charge in [-0.25, -0.2) is 0 Å². The Labute approximate surface area is 249 Å². The lowest BCUT2D eigenvalue weighted by atomic mass is 10.1. The quantitative estimate of drug-likeness (QED) is 0.141. The minimum atomic E-state index is -0.0953. The number of hydrogen-bond acceptors (Lipinski definition) is 4. The molecule has 0 aliphatic carbocycles. The molecule has 0 unspecified atom stereocenters. The van der Waals surface area contributed by atoms with Gasteiger partial charge in [0.15, 0.2) is 0 Å². The lowest BCUT2D eigenvalue weighted by Crippen LogP contribution is -2.25. The van der Waals surface area contributed by atoms with E-state index in [1.54, 1.807) is 24.3 Å². The highest BCUT2D eigenvalue weighted by Crippen LogP contribution is 2.15. The Morgan fingerprint density at radius 2 is 0.929 bits per heavy atom. The Hall–Kier alpha value is -4.58. The van der Waals surface area contributed by atoms with Crippen molar-refractivity contribution in [2.24, 2.45) is 0 Å². The standard InChI is InChI=1S/C36H40N2O4/c39-35(31-17-11-19-33(27-31)41-25-21-29-13-5-3-6-14-29)37-23-9-1-2-10-24-38-36(40)32-18-12-20-34(28-32)42-26-22-30-15-7-4-8-16-30/h3-8,11-20,27-28H,1-2,9-10,21-26H2,(H,37,39)(H,38,40). The molecule has 0 radical (unpaired) electrons. The zero-order chi connectivity index (χ0) is 29.2. The summed E-state index contributed by atoms with van der Waals surface area (Å²) in [6, 6.07) is 35.0. The highest BCUT2D eigenvalue weighted by molar-refractivity contribution is 5.95. The van der Waals surface area contributed by atoms with E-state index in [2.05, 4.69) is 34.9 Å². The molecule has 0 spiro atoms. The first-order chi connectivity index (χ1) is 20.7. The van der Waals surface area contributed by atoms with E-state index in [0.717, 1.165) is 38.5 Å². The third-order valence-corrected chi connectivity index (χ3v) is 6.87. The van der Waals surface area contributed by atoms with Crippen LogP contribution < -0.4 is 20.1 Å². The van der Waals surface area contributed by atoms with Crippen molar-refractivity contribution in [3.05, 3.63) is 131 Å². The molecule has 0 saturated heterocycles. The fourth-order valence-electron chi connectivity index (χ4n) is 4.53. The van der Waals surface area contributed by atoms with Crippen LogP contribution in [0.15, 0.2) is 109 Å². The van der Waals surface area contributed by atoms with Gasteiger partial charge in [-0.3, -0.25) is 9.59 Å². The van der Waals surface area contributed by atoms with Gasteiger partial charge in [-0.2, -0.15) is 0 Å². The zero-order valence-corrected chi connectivity index (χ0v) is 24.1. The van der Waals surface area contributed by atoms with Crippen LogP contribution in [0, 0.1) is 0 Å². The van der Waals surface area contributed by atoms with Crippen LogP contribution in [-0.2, 0) is 12.8 Å². The van der Waals surface area contributed by atoms with Crippen molar-refractivity contribution in [1.29, 1.82) is 0 Å². The first-order valence-corrected chi connectivity index (χ1v) is 14.8. The van der Waals surface area contributed by atoms with E-state index < -0.39 is 0 Å². The number of ether oxygens (including phenoxy) is 2. The molecule has 0 bridgehead atoms. The van der Waals surface area contributed by atoms with Crippen molar-refractivity contribution in [3.63, 3.8) is 0 Å². The van der Waals surface area contributed by atoms with Crippen LogP contribution in [0.4, 0.5) is 0 Å². The van der Waals surface area contributed by atoms with Crippen LogP contribution in [0.25, 0.3) is 0 Å². The summed E-state index contributed by atoms with van der Waals surface area (Å²) >= 11 is 0. The Morgan fingerprint density at radius 1 is 0.500 bits per heavy atom. The Morgan fingerprint density at radius 3 is 1.36 bits per heavy atom. The average Bonchev–Trinajstić information content (AvgIpc) is 3.03. The smallest absolute Gasteiger partial charge is 0.251 e. The van der Waals surface area contributed by atoms with E-state index in [0.29, 0.717) is 48.9 Å². The van der Waals surface area contributed by atoms with Crippen molar-refractivity contribution in [3.8, 4) is 11.5 Å². The van der Waals surface area contributed by atoms with Gasteiger partial charge in [0, 0.05) is 37.1 Å². The summed E-state index contributed by atoms with van der Waals surface area (Å²) < 4.78 is 11.7. The molecule has 218 valence electrons. The minimum Gasteiger partial charge on any atom is -0.493 e. The monoisotopic (exact) mass is 564 g/mol. The molecular weight excluding hydrogens is 524 g/mol. The molecule has 4 aromatic rings. The zero-order valence-electron chi connectivity index (χ0n) is 24.1. The molecule has 0 atom stereocenters. The largest absolute Gasteiger partial charge is 0.493 e. The molecule has 2 amide bonds. The van der Waals surface area contributed by atoms with Gasteiger partial charge >= 0.3 is 0 Å². The second-order valence-corrected chi connectivity index (χ2v) is 10.1. The summed E-state index contributed by atoms with van der Waals surface area (Å²) in [5.74, 6) is 1.20. The number of amides is 2. The molecule has 0 fully saturated rings. The van der Waals surface area contributed by atoms with E-state index in [4.69, 9.17) is 9.47 Å². The van der Waals surface area contributed by atoms with E-state index in [9.17, 15) is 9.59 Å². The van der Waals surface area contributed by atoms with Crippen LogP contribution in [0.2, 0.25) is 0 Å². The number of rotatable bonds is 17. The second-order valence-electron chi connectivity index (χ2n) is 10.1. The third kappa shape index (κ3) is 10.8. The molecule has 0 heterocycles. The lowest BCUT2D eigenvalue weighted by molar-refractivity contribution is 0.0943. The lowest BCUT2D eigenvalue weighted by Gasteiger charge is -2.10. The maximum atomic E-state index is 12.6. The summed E-state index contributed by atoms with van der Waals surface area (Å²) in [5, 5.41) is 5.98. The number of carbonyl (C=O) groups excluding carboxylic acids is 2. The molecule has 4 aromatic carbocycles. The summed E-state index contributed by atoms with van der Waals surface area (Å²) in [6.45, 7) is 2.35. The first kappa shape index (κ1) is 30.4. The fourth-order valence-corrected chi connectivity index (χ4v) is 4.53. The molecule has 0 saturated carbocycles. The number of carbonyl (C=O) groups is 2. The van der Waals surface area contributed by atoms with Crippen LogP contribution in [0.5, 0.6) is 11.5 Å². The predicted octanol–water partition coefficient (Wildman–Crippen LogP) is 6.65. The van der Waals surface area contributed by atoms with Gasteiger partial charge in [-0.1, -0.05) is 85.6 Å². The molecule has 42 heavy (non-hydrogen) atoms. The molecule has 0 aromatic heterocycles. The van der Waals surface area contributed by atoms with E-state index in [1.165, 1.54) is 11.1 Å². The number of hydrogen-bond donors (Lipinski definition) is 2. The topological polar surface area (TPSA) is 76.7 Å². The van der Waals surface area contributed by atoms with Crippen molar-refractivity contribution in [1.82, 2.24) is 10.6 Å². The number of nitrogens with one attached hydrogen (secondary N) is 2. The fraction of sp³-hybridized carbons (Fsp3) is 0.278. The Balaban J connectivity index is 1.05. The maximum absolute atomic E-state index is 12.6. The predicted molar refractivity (Wildman–Crippen MR) is 167 cm³/mol. The van der Waals surface area contributed by atoms with Gasteiger partial charge in [0.25, 0.3) is 11.8 Å². The van der Waals surface area contributed by atoms with E-state index in [-0.39, 0.29) is 11.8 Å². The van der Waals surface area contributed by atoms with Gasteiger partial charge in [0.1, 0.15) is 11.5 Å². The van der Waals surface area contributed by atoms with Gasteiger partial charge in [0.2, 0.25) is 0 Å². The van der Waals surface area contributed by atoms with Gasteiger partial charge in [-0.15, -0.1) is 0 Å². The summed E-state index contributed by atoms with van der Waals surface area (Å²) in [7, 11) is 0. The second kappa shape index (κ2) is 17.3. The minimum absolute atomic E-state index is 0.0953. The SMILES string of the molecule is O=C(NCCCCCCNC(=O)c1cccc(OCCc2ccccc2)c1)c1cccc(OCCc2ccccc2)c1. The van der Waals surface area contributed by atoms with Crippen molar-refractivity contribution in [2.45, 2.75) is 38.5 Å². The molecule has 0 aliphatic heterocycles. The maximum Gasteiger partial charge on any atom is 0.251 e. The van der Waals surface area contributed by atoms with E-state index >= 15 is 0 Å². The van der Waals surface area contributed by atoms with Crippen LogP contribution in [0.1, 0.15) is 57.5 Å². The van der Waals surface area contributed by atoms with Crippen molar-refractivity contribution >= 4 is 11.8 Å². The van der Waals surface area contributed by atoms with Gasteiger partial charge < -0.3 is 20.1 Å².